The van der Waals surface area contributed by atoms with Gasteiger partial charge in [0.15, 0.2) is 5.01 Å². The molecule has 3 aliphatic rings. The Labute approximate surface area is 166 Å². The van der Waals surface area contributed by atoms with Crippen molar-refractivity contribution < 1.29 is 4.79 Å². The summed E-state index contributed by atoms with van der Waals surface area (Å²) in [6.07, 6.45) is 2.53. The molecule has 0 bridgehead atoms. The summed E-state index contributed by atoms with van der Waals surface area (Å²) in [6.45, 7) is 0.898. The highest BCUT2D eigenvalue weighted by Gasteiger charge is 2.41. The number of amides is 1. The smallest absolute Gasteiger partial charge is 0.231 e. The monoisotopic (exact) mass is 404 g/mol. The molecule has 0 radical (unpaired) electrons. The van der Waals surface area contributed by atoms with Gasteiger partial charge in [0.1, 0.15) is 0 Å². The molecule has 5 rings (SSSR count). The summed E-state index contributed by atoms with van der Waals surface area (Å²) in [7, 11) is 1.82. The zero-order chi connectivity index (χ0) is 18.5. The first kappa shape index (κ1) is 17.4. The lowest BCUT2D eigenvalue weighted by atomic mass is 9.82. The number of nitrogens with zero attached hydrogens (tertiary/aromatic N) is 3. The number of halogens is 1. The first-order valence-electron chi connectivity index (χ1n) is 9.23. The van der Waals surface area contributed by atoms with Crippen LogP contribution in [-0.2, 0) is 11.2 Å². The van der Waals surface area contributed by atoms with E-state index in [0.717, 1.165) is 46.3 Å². The first-order valence-corrected chi connectivity index (χ1v) is 10.5. The highest BCUT2D eigenvalue weighted by Crippen LogP contribution is 2.40. The number of rotatable bonds is 3. The van der Waals surface area contributed by atoms with Crippen molar-refractivity contribution in [1.82, 2.24) is 21.0 Å². The lowest BCUT2D eigenvalue weighted by Crippen LogP contribution is -2.47. The number of hydrogen-bond acceptors (Lipinski definition) is 7. The maximum absolute atomic E-state index is 12.1. The second-order valence-corrected chi connectivity index (χ2v) is 8.90. The molecular weight excluding hydrogens is 384 g/mol. The molecule has 1 aromatic carbocycles. The molecule has 2 aliphatic heterocycles. The van der Waals surface area contributed by atoms with Gasteiger partial charge in [-0.25, -0.2) is 0 Å². The van der Waals surface area contributed by atoms with E-state index in [1.165, 1.54) is 11.3 Å². The zero-order valence-electron chi connectivity index (χ0n) is 14.9. The Hall–Kier alpha value is -1.74. The van der Waals surface area contributed by atoms with Crippen LogP contribution in [0.15, 0.2) is 18.2 Å². The number of para-hydroxylation sites is 1. The molecule has 142 valence electrons. The van der Waals surface area contributed by atoms with Crippen molar-refractivity contribution in [3.63, 3.8) is 0 Å². The molecule has 27 heavy (non-hydrogen) atoms. The lowest BCUT2D eigenvalue weighted by Gasteiger charge is -2.35. The van der Waals surface area contributed by atoms with E-state index < -0.39 is 0 Å². The van der Waals surface area contributed by atoms with Gasteiger partial charge in [-0.3, -0.25) is 15.6 Å². The summed E-state index contributed by atoms with van der Waals surface area (Å²) in [4.78, 5) is 13.8. The molecule has 1 aromatic heterocycles. The molecule has 1 amide bonds. The van der Waals surface area contributed by atoms with Crippen molar-refractivity contribution in [3.8, 4) is 10.6 Å². The largest absolute Gasteiger partial charge is 0.356 e. The van der Waals surface area contributed by atoms with Gasteiger partial charge in [-0.15, -0.1) is 21.8 Å². The second kappa shape index (κ2) is 6.70. The highest BCUT2D eigenvalue weighted by atomic mass is 35.5. The fourth-order valence-electron chi connectivity index (χ4n) is 4.40. The molecule has 2 fully saturated rings. The first-order chi connectivity index (χ1) is 13.1. The average molecular weight is 405 g/mol. The summed E-state index contributed by atoms with van der Waals surface area (Å²) >= 11 is 8.25. The van der Waals surface area contributed by atoms with Crippen LogP contribution in [0.1, 0.15) is 18.4 Å². The Kier molecular flexibility index (Phi) is 4.31. The number of aromatic nitrogens is 2. The average Bonchev–Trinajstić information content (AvgIpc) is 3.38. The standard InChI is InChI=1S/C18H21ClN6OS/c1-25-14(26)7-9-3-2-4-10(16(9)25)17-23-24-18(27-17)21-13-6-5-12-11(15(13)19)8-20-22-12/h2-4,11-13,15,20,22H,5-8H2,1H3,(H,21,24). The van der Waals surface area contributed by atoms with Crippen molar-refractivity contribution in [2.45, 2.75) is 36.7 Å². The molecule has 2 aromatic rings. The zero-order valence-corrected chi connectivity index (χ0v) is 16.5. The minimum absolute atomic E-state index is 0.0447. The van der Waals surface area contributed by atoms with Crippen LogP contribution >= 0.6 is 22.9 Å². The normalized spacial score (nSPS) is 29.7. The van der Waals surface area contributed by atoms with Crippen LogP contribution in [0.3, 0.4) is 0 Å². The summed E-state index contributed by atoms with van der Waals surface area (Å²) in [6, 6.07) is 6.62. The number of likely N-dealkylation sites (N-methyl/N-ethyl adjacent to an activating group) is 1. The van der Waals surface area contributed by atoms with E-state index in [-0.39, 0.29) is 17.3 Å². The van der Waals surface area contributed by atoms with Crippen LogP contribution in [0.5, 0.6) is 0 Å². The minimum Gasteiger partial charge on any atom is -0.356 e. The predicted octanol–water partition coefficient (Wildman–Crippen LogP) is 2.00. The Morgan fingerprint density at radius 2 is 2.22 bits per heavy atom. The number of hydrazine groups is 1. The Bertz CT molecular complexity index is 888. The van der Waals surface area contributed by atoms with Crippen molar-refractivity contribution in [2.75, 3.05) is 23.8 Å². The molecule has 4 atom stereocenters. The van der Waals surface area contributed by atoms with E-state index >= 15 is 0 Å². The van der Waals surface area contributed by atoms with Crippen LogP contribution in [-0.4, -0.2) is 47.2 Å². The van der Waals surface area contributed by atoms with Gasteiger partial charge in [-0.2, -0.15) is 0 Å². The number of nitrogens with one attached hydrogen (secondary N) is 3. The number of carbonyl (C=O) groups is 1. The molecule has 1 saturated carbocycles. The predicted molar refractivity (Wildman–Crippen MR) is 107 cm³/mol. The van der Waals surface area contributed by atoms with Crippen molar-refractivity contribution in [1.29, 1.82) is 0 Å². The van der Waals surface area contributed by atoms with E-state index in [1.54, 1.807) is 4.90 Å². The van der Waals surface area contributed by atoms with Gasteiger partial charge in [0.25, 0.3) is 0 Å². The van der Waals surface area contributed by atoms with E-state index in [1.807, 2.05) is 25.2 Å². The van der Waals surface area contributed by atoms with Crippen LogP contribution < -0.4 is 21.1 Å². The second-order valence-electron chi connectivity index (χ2n) is 7.42. The molecule has 3 N–H and O–H groups in total. The number of benzene rings is 1. The van der Waals surface area contributed by atoms with Gasteiger partial charge in [0.2, 0.25) is 11.0 Å². The molecule has 7 nitrogen and oxygen atoms in total. The van der Waals surface area contributed by atoms with E-state index in [4.69, 9.17) is 11.6 Å². The number of fused-ring (bicyclic) bond motifs is 2. The fraction of sp³-hybridized carbons (Fsp3) is 0.500. The van der Waals surface area contributed by atoms with Crippen LogP contribution in [0.4, 0.5) is 10.8 Å². The van der Waals surface area contributed by atoms with E-state index in [0.29, 0.717) is 18.4 Å². The van der Waals surface area contributed by atoms with Crippen LogP contribution in [0.25, 0.3) is 10.6 Å². The summed E-state index contributed by atoms with van der Waals surface area (Å²) in [5.74, 6) is 0.531. The number of carbonyl (C=O) groups excluding carboxylic acids is 1. The van der Waals surface area contributed by atoms with Gasteiger partial charge >= 0.3 is 0 Å². The summed E-state index contributed by atoms with van der Waals surface area (Å²) < 4.78 is 0. The summed E-state index contributed by atoms with van der Waals surface area (Å²) in [5, 5.41) is 13.9. The van der Waals surface area contributed by atoms with Gasteiger partial charge < -0.3 is 10.2 Å². The molecule has 3 heterocycles. The van der Waals surface area contributed by atoms with Crippen LogP contribution in [0, 0.1) is 5.92 Å². The minimum atomic E-state index is 0.0447. The number of anilines is 2. The molecule has 9 heteroatoms. The molecule has 1 saturated heterocycles. The maximum Gasteiger partial charge on any atom is 0.231 e. The quantitative estimate of drug-likeness (QED) is 0.679. The lowest BCUT2D eigenvalue weighted by molar-refractivity contribution is -0.117. The Balaban J connectivity index is 1.37. The molecule has 0 spiro atoms. The van der Waals surface area contributed by atoms with E-state index in [2.05, 4.69) is 26.4 Å². The van der Waals surface area contributed by atoms with Gasteiger partial charge in [-0.1, -0.05) is 23.5 Å². The Morgan fingerprint density at radius 1 is 1.33 bits per heavy atom. The molecular formula is C18H21ClN6OS. The van der Waals surface area contributed by atoms with Crippen molar-refractivity contribution in [3.05, 3.63) is 23.8 Å². The van der Waals surface area contributed by atoms with Gasteiger partial charge in [0.05, 0.1) is 17.5 Å². The van der Waals surface area contributed by atoms with E-state index in [9.17, 15) is 4.79 Å². The molecule has 4 unspecified atom stereocenters. The summed E-state index contributed by atoms with van der Waals surface area (Å²) in [5.41, 5.74) is 9.48. The van der Waals surface area contributed by atoms with Gasteiger partial charge in [0, 0.05) is 37.2 Å². The van der Waals surface area contributed by atoms with Crippen molar-refractivity contribution in [2.24, 2.45) is 5.92 Å². The fourth-order valence-corrected chi connectivity index (χ4v) is 5.69. The third-order valence-corrected chi connectivity index (χ3v) is 7.37. The maximum atomic E-state index is 12.1. The SMILES string of the molecule is CN1C(=O)Cc2cccc(-c3nnc(NC4CCC5NNCC5C4Cl)s3)c21. The molecule has 1 aliphatic carbocycles. The topological polar surface area (TPSA) is 82.2 Å². The number of alkyl halides is 1. The number of hydrogen-bond donors (Lipinski definition) is 3. The van der Waals surface area contributed by atoms with Crippen molar-refractivity contribution >= 4 is 39.7 Å². The highest BCUT2D eigenvalue weighted by molar-refractivity contribution is 7.18. The van der Waals surface area contributed by atoms with Gasteiger partial charge in [-0.05, 0) is 24.5 Å². The van der Waals surface area contributed by atoms with Crippen LogP contribution in [0.2, 0.25) is 0 Å². The third kappa shape index (κ3) is 2.91. The third-order valence-electron chi connectivity index (χ3n) is 5.86. The Morgan fingerprint density at radius 3 is 3.11 bits per heavy atom.